The van der Waals surface area contributed by atoms with Crippen molar-refractivity contribution in [3.8, 4) is 0 Å². The van der Waals surface area contributed by atoms with Crippen molar-refractivity contribution in [3.05, 3.63) is 18.3 Å². The van der Waals surface area contributed by atoms with Crippen LogP contribution in [0.4, 0.5) is 5.82 Å². The molecule has 1 aliphatic rings. The second-order valence-corrected chi connectivity index (χ2v) is 3.50. The van der Waals surface area contributed by atoms with Gasteiger partial charge in [-0.2, -0.15) is 5.10 Å². The topological polar surface area (TPSA) is 41.0 Å². The number of anilines is 1. The van der Waals surface area contributed by atoms with Gasteiger partial charge < -0.3 is 10.2 Å². The smallest absolute Gasteiger partial charge is 0.148 e. The molecule has 0 saturated carbocycles. The number of nitrogens with one attached hydrogen (secondary N) is 1. The number of nitrogens with zero attached hydrogens (tertiary/aromatic N) is 3. The molecule has 1 N–H and O–H groups in total. The van der Waals surface area contributed by atoms with Crippen LogP contribution < -0.4 is 5.32 Å². The molecular weight excluding hydrogens is 164 g/mol. The normalized spacial score (nSPS) is 23.3. The highest BCUT2D eigenvalue weighted by molar-refractivity contribution is 5.33. The van der Waals surface area contributed by atoms with Gasteiger partial charge in [-0.3, -0.25) is 0 Å². The molecule has 2 rings (SSSR count). The van der Waals surface area contributed by atoms with E-state index >= 15 is 0 Å². The van der Waals surface area contributed by atoms with Gasteiger partial charge in [0.25, 0.3) is 0 Å². The van der Waals surface area contributed by atoms with Crippen LogP contribution in [-0.2, 0) is 0 Å². The van der Waals surface area contributed by atoms with E-state index < -0.39 is 0 Å². The van der Waals surface area contributed by atoms with Crippen LogP contribution in [0.15, 0.2) is 18.3 Å². The molecule has 4 heteroatoms. The van der Waals surface area contributed by atoms with Gasteiger partial charge in [0.05, 0.1) is 0 Å². The molecule has 0 amide bonds. The van der Waals surface area contributed by atoms with Gasteiger partial charge in [-0.1, -0.05) is 0 Å². The predicted octanol–water partition coefficient (Wildman–Crippen LogP) is 0.593. The monoisotopic (exact) mass is 178 g/mol. The summed E-state index contributed by atoms with van der Waals surface area (Å²) >= 11 is 0. The fourth-order valence-electron chi connectivity index (χ4n) is 1.64. The van der Waals surface area contributed by atoms with Crippen molar-refractivity contribution < 1.29 is 0 Å². The Morgan fingerprint density at radius 1 is 1.62 bits per heavy atom. The molecule has 70 valence electrons. The van der Waals surface area contributed by atoms with Crippen molar-refractivity contribution >= 4 is 5.82 Å². The zero-order chi connectivity index (χ0) is 9.10. The van der Waals surface area contributed by atoms with Gasteiger partial charge in [0.2, 0.25) is 0 Å². The minimum absolute atomic E-state index is 0.529. The molecule has 2 heterocycles. The summed E-state index contributed by atoms with van der Waals surface area (Å²) in [6.07, 6.45) is 2.87. The standard InChI is InChI=1S/C9H14N4/c1-13-6-4-8(7-13)11-9-3-2-5-10-12-9/h2-3,5,8H,4,6-7H2,1H3,(H,11,12). The molecule has 1 saturated heterocycles. The maximum Gasteiger partial charge on any atom is 0.148 e. The number of likely N-dealkylation sites (tertiary alicyclic amines) is 1. The van der Waals surface area contributed by atoms with Gasteiger partial charge >= 0.3 is 0 Å². The van der Waals surface area contributed by atoms with Crippen molar-refractivity contribution in [2.75, 3.05) is 25.5 Å². The number of hydrogen-bond donors (Lipinski definition) is 1. The van der Waals surface area contributed by atoms with E-state index in [1.807, 2.05) is 12.1 Å². The highest BCUT2D eigenvalue weighted by Gasteiger charge is 2.18. The molecule has 13 heavy (non-hydrogen) atoms. The molecule has 0 aliphatic carbocycles. The van der Waals surface area contributed by atoms with E-state index in [2.05, 4.69) is 27.5 Å². The number of aromatic nitrogens is 2. The van der Waals surface area contributed by atoms with E-state index in [9.17, 15) is 0 Å². The number of hydrogen-bond acceptors (Lipinski definition) is 4. The quantitative estimate of drug-likeness (QED) is 0.719. The Bertz CT molecular complexity index is 262. The summed E-state index contributed by atoms with van der Waals surface area (Å²) in [6.45, 7) is 2.26. The molecule has 1 unspecified atom stereocenters. The van der Waals surface area contributed by atoms with Crippen molar-refractivity contribution in [1.82, 2.24) is 15.1 Å². The fraction of sp³-hybridized carbons (Fsp3) is 0.556. The molecule has 1 aromatic heterocycles. The van der Waals surface area contributed by atoms with Crippen LogP contribution in [0, 0.1) is 0 Å². The van der Waals surface area contributed by atoms with Gasteiger partial charge in [0, 0.05) is 18.8 Å². The van der Waals surface area contributed by atoms with Crippen LogP contribution in [0.2, 0.25) is 0 Å². The highest BCUT2D eigenvalue weighted by atomic mass is 15.2. The summed E-state index contributed by atoms with van der Waals surface area (Å²) < 4.78 is 0. The summed E-state index contributed by atoms with van der Waals surface area (Å²) in [5.41, 5.74) is 0. The summed E-state index contributed by atoms with van der Waals surface area (Å²) in [5, 5.41) is 11.2. The van der Waals surface area contributed by atoms with E-state index in [4.69, 9.17) is 0 Å². The lowest BCUT2D eigenvalue weighted by Crippen LogP contribution is -2.23. The molecular formula is C9H14N4. The van der Waals surface area contributed by atoms with Gasteiger partial charge in [-0.15, -0.1) is 5.10 Å². The van der Waals surface area contributed by atoms with Gasteiger partial charge in [-0.05, 0) is 32.1 Å². The van der Waals surface area contributed by atoms with Crippen molar-refractivity contribution in [2.45, 2.75) is 12.5 Å². The zero-order valence-corrected chi connectivity index (χ0v) is 7.77. The third-order valence-electron chi connectivity index (χ3n) is 2.32. The van der Waals surface area contributed by atoms with Gasteiger partial charge in [0.15, 0.2) is 0 Å². The first-order chi connectivity index (χ1) is 6.34. The molecule has 1 aliphatic heterocycles. The van der Waals surface area contributed by atoms with Gasteiger partial charge in [0.1, 0.15) is 5.82 Å². The van der Waals surface area contributed by atoms with Crippen LogP contribution in [0.25, 0.3) is 0 Å². The van der Waals surface area contributed by atoms with Crippen molar-refractivity contribution in [3.63, 3.8) is 0 Å². The third-order valence-corrected chi connectivity index (χ3v) is 2.32. The second kappa shape index (κ2) is 3.70. The molecule has 0 aromatic carbocycles. The third kappa shape index (κ3) is 2.15. The lowest BCUT2D eigenvalue weighted by atomic mass is 10.2. The average molecular weight is 178 g/mol. The summed E-state index contributed by atoms with van der Waals surface area (Å²) in [6, 6.07) is 4.38. The Morgan fingerprint density at radius 2 is 2.54 bits per heavy atom. The fourth-order valence-corrected chi connectivity index (χ4v) is 1.64. The molecule has 0 radical (unpaired) electrons. The molecule has 1 aromatic rings. The van der Waals surface area contributed by atoms with Crippen LogP contribution in [-0.4, -0.2) is 41.3 Å². The van der Waals surface area contributed by atoms with Crippen LogP contribution in [0.1, 0.15) is 6.42 Å². The minimum atomic E-state index is 0.529. The highest BCUT2D eigenvalue weighted by Crippen LogP contribution is 2.11. The Morgan fingerprint density at radius 3 is 3.15 bits per heavy atom. The van der Waals surface area contributed by atoms with E-state index in [-0.39, 0.29) is 0 Å². The van der Waals surface area contributed by atoms with Crippen LogP contribution >= 0.6 is 0 Å². The first-order valence-electron chi connectivity index (χ1n) is 4.57. The first kappa shape index (κ1) is 8.44. The lowest BCUT2D eigenvalue weighted by Gasteiger charge is -2.12. The van der Waals surface area contributed by atoms with Crippen molar-refractivity contribution in [2.24, 2.45) is 0 Å². The van der Waals surface area contributed by atoms with E-state index in [0.29, 0.717) is 6.04 Å². The molecule has 0 spiro atoms. The molecule has 0 bridgehead atoms. The average Bonchev–Trinajstić information content (AvgIpc) is 2.53. The maximum atomic E-state index is 3.99. The Balaban J connectivity index is 1.92. The number of likely N-dealkylation sites (N-methyl/N-ethyl adjacent to an activating group) is 1. The van der Waals surface area contributed by atoms with Crippen molar-refractivity contribution in [1.29, 1.82) is 0 Å². The lowest BCUT2D eigenvalue weighted by molar-refractivity contribution is 0.414. The molecule has 1 atom stereocenters. The SMILES string of the molecule is CN1CCC(Nc2cccnn2)C1. The number of rotatable bonds is 2. The summed E-state index contributed by atoms with van der Waals surface area (Å²) in [7, 11) is 2.14. The second-order valence-electron chi connectivity index (χ2n) is 3.50. The first-order valence-corrected chi connectivity index (χ1v) is 4.57. The Hall–Kier alpha value is -1.16. The molecule has 4 nitrogen and oxygen atoms in total. The van der Waals surface area contributed by atoms with E-state index in [0.717, 1.165) is 18.9 Å². The summed E-state index contributed by atoms with van der Waals surface area (Å²) in [4.78, 5) is 2.31. The minimum Gasteiger partial charge on any atom is -0.365 e. The Labute approximate surface area is 78.0 Å². The maximum absolute atomic E-state index is 3.99. The zero-order valence-electron chi connectivity index (χ0n) is 7.77. The van der Waals surface area contributed by atoms with Crippen LogP contribution in [0.3, 0.4) is 0 Å². The van der Waals surface area contributed by atoms with Gasteiger partial charge in [-0.25, -0.2) is 0 Å². The summed E-state index contributed by atoms with van der Waals surface area (Å²) in [5.74, 6) is 0.878. The van der Waals surface area contributed by atoms with Crippen LogP contribution in [0.5, 0.6) is 0 Å². The predicted molar refractivity (Wildman–Crippen MR) is 51.6 cm³/mol. The van der Waals surface area contributed by atoms with E-state index in [1.165, 1.54) is 6.42 Å². The largest absolute Gasteiger partial charge is 0.365 e. The van der Waals surface area contributed by atoms with E-state index in [1.54, 1.807) is 6.20 Å². The molecule has 1 fully saturated rings. The Kier molecular flexibility index (Phi) is 2.40.